The predicted molar refractivity (Wildman–Crippen MR) is 34.8 cm³/mol. The molecule has 0 N–H and O–H groups in total. The van der Waals surface area contributed by atoms with E-state index in [0.717, 1.165) is 0 Å². The van der Waals surface area contributed by atoms with Crippen molar-refractivity contribution in [1.29, 1.82) is 0 Å². The van der Waals surface area contributed by atoms with E-state index in [1.807, 2.05) is 25.2 Å². The maximum atomic E-state index is 5.12. The van der Waals surface area contributed by atoms with E-state index >= 15 is 0 Å². The molecule has 1 rings (SSSR count). The molecule has 0 aliphatic carbocycles. The molecule has 0 aromatic rings. The van der Waals surface area contributed by atoms with E-state index in [1.54, 1.807) is 6.26 Å². The molecule has 2 heteroatoms. The first-order chi connectivity index (χ1) is 4.43. The Kier molecular flexibility index (Phi) is 2.33. The summed E-state index contributed by atoms with van der Waals surface area (Å²) in [5, 5.41) is 0. The highest BCUT2D eigenvalue weighted by Gasteiger charge is 2.02. The van der Waals surface area contributed by atoms with Crippen LogP contribution in [0.3, 0.4) is 0 Å². The van der Waals surface area contributed by atoms with Gasteiger partial charge in [-0.2, -0.15) is 0 Å². The SMILES string of the molecule is CCOC1C=CC=CO1. The molecule has 0 aromatic heterocycles. The van der Waals surface area contributed by atoms with Crippen LogP contribution in [0.2, 0.25) is 0 Å². The van der Waals surface area contributed by atoms with Crippen LogP contribution in [0, 0.1) is 0 Å². The fourth-order valence-corrected chi connectivity index (χ4v) is 0.627. The molecule has 1 atom stereocenters. The van der Waals surface area contributed by atoms with E-state index < -0.39 is 0 Å². The molecule has 0 fully saturated rings. The molecule has 9 heavy (non-hydrogen) atoms. The average molecular weight is 126 g/mol. The number of hydrogen-bond donors (Lipinski definition) is 0. The lowest BCUT2D eigenvalue weighted by molar-refractivity contribution is -0.0691. The van der Waals surface area contributed by atoms with Crippen LogP contribution in [0.5, 0.6) is 0 Å². The molecular weight excluding hydrogens is 116 g/mol. The van der Waals surface area contributed by atoms with Gasteiger partial charge in [0.25, 0.3) is 0 Å². The lowest BCUT2D eigenvalue weighted by atomic mass is 10.4. The molecule has 0 saturated heterocycles. The highest BCUT2D eigenvalue weighted by molar-refractivity contribution is 5.05. The number of hydrogen-bond acceptors (Lipinski definition) is 2. The average Bonchev–Trinajstić information content (AvgIpc) is 1.91. The van der Waals surface area contributed by atoms with Crippen molar-refractivity contribution >= 4 is 0 Å². The number of allylic oxidation sites excluding steroid dienone is 2. The maximum absolute atomic E-state index is 5.12. The van der Waals surface area contributed by atoms with Gasteiger partial charge in [0.05, 0.1) is 6.26 Å². The third kappa shape index (κ3) is 1.90. The van der Waals surface area contributed by atoms with E-state index in [4.69, 9.17) is 9.47 Å². The van der Waals surface area contributed by atoms with Gasteiger partial charge in [0.15, 0.2) is 0 Å². The smallest absolute Gasteiger partial charge is 0.219 e. The summed E-state index contributed by atoms with van der Waals surface area (Å²) in [6.45, 7) is 2.62. The first-order valence-corrected chi connectivity index (χ1v) is 3.04. The topological polar surface area (TPSA) is 18.5 Å². The Bertz CT molecular complexity index is 127. The molecule has 0 radical (unpaired) electrons. The number of ether oxygens (including phenoxy) is 2. The van der Waals surface area contributed by atoms with Crippen molar-refractivity contribution in [3.05, 3.63) is 24.5 Å². The second kappa shape index (κ2) is 3.30. The molecule has 50 valence electrons. The Morgan fingerprint density at radius 3 is 3.00 bits per heavy atom. The third-order valence-electron chi connectivity index (χ3n) is 1.00. The van der Waals surface area contributed by atoms with Gasteiger partial charge in [0.1, 0.15) is 0 Å². The van der Waals surface area contributed by atoms with Crippen LogP contribution in [0.25, 0.3) is 0 Å². The molecule has 1 aliphatic rings. The van der Waals surface area contributed by atoms with Crippen LogP contribution in [-0.2, 0) is 9.47 Å². The van der Waals surface area contributed by atoms with Gasteiger partial charge in [-0.05, 0) is 19.1 Å². The van der Waals surface area contributed by atoms with Gasteiger partial charge < -0.3 is 9.47 Å². The van der Waals surface area contributed by atoms with Gasteiger partial charge in [0.2, 0.25) is 6.29 Å². The molecular formula is C7H10O2. The van der Waals surface area contributed by atoms with E-state index in [-0.39, 0.29) is 6.29 Å². The quantitative estimate of drug-likeness (QED) is 0.557. The van der Waals surface area contributed by atoms with Crippen molar-refractivity contribution in [2.45, 2.75) is 13.2 Å². The summed E-state index contributed by atoms with van der Waals surface area (Å²) in [7, 11) is 0. The van der Waals surface area contributed by atoms with Crippen molar-refractivity contribution in [1.82, 2.24) is 0 Å². The van der Waals surface area contributed by atoms with Gasteiger partial charge in [-0.3, -0.25) is 0 Å². The second-order valence-corrected chi connectivity index (χ2v) is 1.67. The Morgan fingerprint density at radius 2 is 2.44 bits per heavy atom. The fraction of sp³-hybridized carbons (Fsp3) is 0.429. The summed E-state index contributed by atoms with van der Waals surface area (Å²) < 4.78 is 10.2. The molecule has 0 amide bonds. The summed E-state index contributed by atoms with van der Waals surface area (Å²) in [5.41, 5.74) is 0. The van der Waals surface area contributed by atoms with Crippen LogP contribution in [0.15, 0.2) is 24.5 Å². The zero-order valence-electron chi connectivity index (χ0n) is 5.41. The largest absolute Gasteiger partial charge is 0.469 e. The fourth-order valence-electron chi connectivity index (χ4n) is 0.627. The summed E-state index contributed by atoms with van der Waals surface area (Å²) in [4.78, 5) is 0. The van der Waals surface area contributed by atoms with Gasteiger partial charge in [0, 0.05) is 6.61 Å². The zero-order valence-corrected chi connectivity index (χ0v) is 5.41. The van der Waals surface area contributed by atoms with Crippen LogP contribution >= 0.6 is 0 Å². The molecule has 0 saturated carbocycles. The normalized spacial score (nSPS) is 23.9. The lowest BCUT2D eigenvalue weighted by Gasteiger charge is -2.13. The monoisotopic (exact) mass is 126 g/mol. The minimum atomic E-state index is -0.167. The first-order valence-electron chi connectivity index (χ1n) is 3.04. The van der Waals surface area contributed by atoms with Crippen LogP contribution < -0.4 is 0 Å². The van der Waals surface area contributed by atoms with Gasteiger partial charge in [-0.15, -0.1) is 0 Å². The molecule has 1 heterocycles. The molecule has 0 bridgehead atoms. The Labute approximate surface area is 54.8 Å². The molecule has 2 nitrogen and oxygen atoms in total. The standard InChI is InChI=1S/C7H10O2/c1-2-8-7-5-3-4-6-9-7/h3-7H,2H2,1H3. The second-order valence-electron chi connectivity index (χ2n) is 1.67. The minimum absolute atomic E-state index is 0.167. The van der Waals surface area contributed by atoms with E-state index in [2.05, 4.69) is 0 Å². The summed E-state index contributed by atoms with van der Waals surface area (Å²) in [6, 6.07) is 0. The number of rotatable bonds is 2. The predicted octanol–water partition coefficient (Wildman–Crippen LogP) is 1.45. The molecule has 1 unspecified atom stereocenters. The first kappa shape index (κ1) is 6.36. The maximum Gasteiger partial charge on any atom is 0.219 e. The van der Waals surface area contributed by atoms with Gasteiger partial charge in [-0.1, -0.05) is 6.08 Å². The summed E-state index contributed by atoms with van der Waals surface area (Å²) in [6.07, 6.45) is 7.06. The highest BCUT2D eigenvalue weighted by atomic mass is 16.7. The van der Waals surface area contributed by atoms with Crippen molar-refractivity contribution in [2.75, 3.05) is 6.61 Å². The van der Waals surface area contributed by atoms with Crippen molar-refractivity contribution < 1.29 is 9.47 Å². The van der Waals surface area contributed by atoms with E-state index in [1.165, 1.54) is 0 Å². The summed E-state index contributed by atoms with van der Waals surface area (Å²) in [5.74, 6) is 0. The van der Waals surface area contributed by atoms with E-state index in [0.29, 0.717) is 6.61 Å². The van der Waals surface area contributed by atoms with Crippen molar-refractivity contribution in [3.8, 4) is 0 Å². The van der Waals surface area contributed by atoms with Crippen LogP contribution in [0.1, 0.15) is 6.92 Å². The zero-order chi connectivity index (χ0) is 6.53. The van der Waals surface area contributed by atoms with Crippen molar-refractivity contribution in [3.63, 3.8) is 0 Å². The Hall–Kier alpha value is -0.760. The Morgan fingerprint density at radius 1 is 1.56 bits per heavy atom. The van der Waals surface area contributed by atoms with Crippen LogP contribution in [-0.4, -0.2) is 12.9 Å². The van der Waals surface area contributed by atoms with Gasteiger partial charge >= 0.3 is 0 Å². The van der Waals surface area contributed by atoms with Crippen molar-refractivity contribution in [2.24, 2.45) is 0 Å². The van der Waals surface area contributed by atoms with Gasteiger partial charge in [-0.25, -0.2) is 0 Å². The van der Waals surface area contributed by atoms with Crippen LogP contribution in [0.4, 0.5) is 0 Å². The third-order valence-corrected chi connectivity index (χ3v) is 1.00. The highest BCUT2D eigenvalue weighted by Crippen LogP contribution is 2.02. The molecule has 0 aromatic carbocycles. The van der Waals surface area contributed by atoms with E-state index in [9.17, 15) is 0 Å². The molecule has 0 spiro atoms. The minimum Gasteiger partial charge on any atom is -0.469 e. The lowest BCUT2D eigenvalue weighted by Crippen LogP contribution is -2.12. The molecule has 1 aliphatic heterocycles. The summed E-state index contributed by atoms with van der Waals surface area (Å²) >= 11 is 0. The Balaban J connectivity index is 2.28.